The highest BCUT2D eigenvalue weighted by molar-refractivity contribution is 6.32. The Hall–Kier alpha value is -6.28. The van der Waals surface area contributed by atoms with Crippen molar-refractivity contribution in [2.24, 2.45) is 0 Å². The third-order valence-corrected chi connectivity index (χ3v) is 12.5. The van der Waals surface area contributed by atoms with Gasteiger partial charge in [-0.1, -0.05) is 72.3 Å². The monoisotopic (exact) mass is 906 g/mol. The molecule has 2 N–H and O–H groups in total. The summed E-state index contributed by atoms with van der Waals surface area (Å²) < 4.78 is 57.8. The van der Waals surface area contributed by atoms with Gasteiger partial charge in [0.15, 0.2) is 0 Å². The maximum atomic E-state index is 13.4. The molecule has 0 atom stereocenters. The van der Waals surface area contributed by atoms with Crippen LogP contribution in [0.4, 0.5) is 13.2 Å². The third-order valence-electron chi connectivity index (χ3n) is 11.9. The number of rotatable bonds is 17. The number of carbonyl (C=O) groups is 2. The molecule has 338 valence electrons. The van der Waals surface area contributed by atoms with Crippen molar-refractivity contribution in [3.63, 3.8) is 0 Å². The highest BCUT2D eigenvalue weighted by atomic mass is 35.5. The molecule has 0 radical (unpaired) electrons. The van der Waals surface area contributed by atoms with E-state index in [2.05, 4.69) is 50.0 Å². The maximum Gasteiger partial charge on any atom is 0.573 e. The van der Waals surface area contributed by atoms with Crippen LogP contribution in [0.15, 0.2) is 109 Å². The highest BCUT2D eigenvalue weighted by Crippen LogP contribution is 2.38. The van der Waals surface area contributed by atoms with Crippen molar-refractivity contribution in [2.75, 3.05) is 46.0 Å². The van der Waals surface area contributed by atoms with Gasteiger partial charge in [-0.15, -0.1) is 13.2 Å². The van der Waals surface area contributed by atoms with E-state index in [0.717, 1.165) is 91.7 Å². The summed E-state index contributed by atoms with van der Waals surface area (Å²) in [6, 6.07) is 31.1. The lowest BCUT2D eigenvalue weighted by atomic mass is 9.96. The highest BCUT2D eigenvalue weighted by Gasteiger charge is 2.31. The van der Waals surface area contributed by atoms with Gasteiger partial charge in [0.2, 0.25) is 0 Å². The minimum atomic E-state index is -4.82. The number of fused-ring (bicyclic) bond motifs is 2. The lowest BCUT2D eigenvalue weighted by molar-refractivity contribution is -0.274. The Morgan fingerprint density at radius 1 is 0.815 bits per heavy atom. The predicted molar refractivity (Wildman–Crippen MR) is 247 cm³/mol. The Balaban J connectivity index is 1.08. The van der Waals surface area contributed by atoms with E-state index in [-0.39, 0.29) is 11.3 Å². The Morgan fingerprint density at radius 3 is 2.25 bits per heavy atom. The minimum absolute atomic E-state index is 0.219. The van der Waals surface area contributed by atoms with Crippen molar-refractivity contribution in [3.05, 3.63) is 153 Å². The normalized spacial score (nSPS) is 13.4. The third kappa shape index (κ3) is 10.5. The van der Waals surface area contributed by atoms with E-state index in [1.165, 1.54) is 12.1 Å². The van der Waals surface area contributed by atoms with Gasteiger partial charge in [-0.3, -0.25) is 9.69 Å². The quantitative estimate of drug-likeness (QED) is 0.0877. The van der Waals surface area contributed by atoms with Crippen LogP contribution in [0.1, 0.15) is 55.1 Å². The van der Waals surface area contributed by atoms with Crippen LogP contribution in [0.25, 0.3) is 32.9 Å². The fraction of sp³-hybridized carbons (Fsp3) is 0.294. The number of hydrogen-bond acceptors (Lipinski definition) is 6. The lowest BCUT2D eigenvalue weighted by Gasteiger charge is -2.27. The summed E-state index contributed by atoms with van der Waals surface area (Å²) >= 11 is 6.40. The molecule has 1 aliphatic rings. The van der Waals surface area contributed by atoms with Crippen molar-refractivity contribution < 1.29 is 42.1 Å². The summed E-state index contributed by atoms with van der Waals surface area (Å²) in [7, 11) is 0. The van der Waals surface area contributed by atoms with Crippen molar-refractivity contribution >= 4 is 45.3 Å². The van der Waals surface area contributed by atoms with Gasteiger partial charge in [0, 0.05) is 77.9 Å². The number of aromatic nitrogens is 2. The predicted octanol–water partition coefficient (Wildman–Crippen LogP) is 10.5. The molecule has 65 heavy (non-hydrogen) atoms. The molecule has 0 unspecified atom stereocenters. The fourth-order valence-electron chi connectivity index (χ4n) is 8.89. The number of aromatic carboxylic acids is 1. The summed E-state index contributed by atoms with van der Waals surface area (Å²) in [5.74, 6) is -1.05. The van der Waals surface area contributed by atoms with Gasteiger partial charge in [-0.2, -0.15) is 0 Å². The number of para-hydroxylation sites is 2. The lowest BCUT2D eigenvalue weighted by Crippen LogP contribution is -2.38. The molecule has 5 aromatic carbocycles. The molecule has 0 aliphatic carbocycles. The molecule has 1 saturated heterocycles. The number of alkyl halides is 3. The van der Waals surface area contributed by atoms with Gasteiger partial charge >= 0.3 is 12.3 Å². The Kier molecular flexibility index (Phi) is 13.8. The maximum absolute atomic E-state index is 13.4. The SMILES string of the molecule is Cc1cc(OCCCc2c(C(=O)O)n(CCN3CCOCC3)c3c(-c4ccccc4Cn4cc(CCNC(=O)c5ccc(OC(F)(F)F)cc5)c5ccccc54)cccc23)cc(C)c1Cl. The Bertz CT molecular complexity index is 2810. The molecule has 7 aromatic rings. The number of nitrogens with one attached hydrogen (secondary N) is 1. The van der Waals surface area contributed by atoms with Crippen LogP contribution >= 0.6 is 11.6 Å². The smallest absolute Gasteiger partial charge is 0.494 e. The number of nitrogens with zero attached hydrogens (tertiary/aromatic N) is 3. The van der Waals surface area contributed by atoms with Gasteiger partial charge in [-0.25, -0.2) is 4.79 Å². The first kappa shape index (κ1) is 45.3. The molecule has 0 bridgehead atoms. The van der Waals surface area contributed by atoms with Crippen LogP contribution < -0.4 is 14.8 Å². The van der Waals surface area contributed by atoms with Crippen LogP contribution in [0.5, 0.6) is 11.5 Å². The average molecular weight is 907 g/mol. The van der Waals surface area contributed by atoms with Crippen molar-refractivity contribution in [1.82, 2.24) is 19.4 Å². The van der Waals surface area contributed by atoms with Crippen LogP contribution in [0.3, 0.4) is 0 Å². The van der Waals surface area contributed by atoms with Crippen LogP contribution in [-0.4, -0.2) is 83.4 Å². The number of benzene rings is 5. The number of carboxylic acid groups (broad SMARTS) is 1. The summed E-state index contributed by atoms with van der Waals surface area (Å²) in [5.41, 5.74) is 9.04. The van der Waals surface area contributed by atoms with Crippen molar-refractivity contribution in [3.8, 4) is 22.6 Å². The number of carbonyl (C=O) groups excluding carboxylic acids is 1. The number of halogens is 4. The molecule has 0 spiro atoms. The Morgan fingerprint density at radius 2 is 1.51 bits per heavy atom. The van der Waals surface area contributed by atoms with Crippen molar-refractivity contribution in [1.29, 1.82) is 0 Å². The summed E-state index contributed by atoms with van der Waals surface area (Å²) in [6.07, 6.45) is -1.11. The molecule has 1 amide bonds. The van der Waals surface area contributed by atoms with E-state index in [0.29, 0.717) is 70.3 Å². The van der Waals surface area contributed by atoms with Gasteiger partial charge in [-0.05, 0) is 109 Å². The molecule has 1 aliphatic heterocycles. The van der Waals surface area contributed by atoms with E-state index in [1.807, 2.05) is 73.0 Å². The first-order valence-corrected chi connectivity index (χ1v) is 22.1. The number of ether oxygens (including phenoxy) is 3. The van der Waals surface area contributed by atoms with E-state index in [4.69, 9.17) is 21.1 Å². The molecule has 14 heteroatoms. The number of aryl methyl sites for hydroxylation is 3. The van der Waals surface area contributed by atoms with Crippen LogP contribution in [0, 0.1) is 13.8 Å². The van der Waals surface area contributed by atoms with E-state index < -0.39 is 24.0 Å². The number of carboxylic acids is 1. The topological polar surface area (TPSA) is 107 Å². The zero-order valence-electron chi connectivity index (χ0n) is 36.2. The van der Waals surface area contributed by atoms with Gasteiger partial charge in [0.05, 0.1) is 25.3 Å². The summed E-state index contributed by atoms with van der Waals surface area (Å²) in [6.45, 7) is 9.10. The number of hydrogen-bond donors (Lipinski definition) is 2. The van der Waals surface area contributed by atoms with Crippen molar-refractivity contribution in [2.45, 2.75) is 52.6 Å². The standard InChI is InChI=1S/C51H50ClF3N4O6/c1-33-29-39(30-34(2)46(33)52)64-26-8-14-44-43-13-7-12-42(47(43)59(48(44)50(61)62)23-22-57-24-27-63-28-25-57)40-10-4-3-9-36(40)31-58-32-37(41-11-5-6-15-45(41)58)20-21-56-49(60)35-16-18-38(19-17-35)65-51(53,54)55/h3-7,9-13,15-19,29-30,32H,8,14,20-28,31H2,1-2H3,(H,56,60)(H,61,62). The molecule has 10 nitrogen and oxygen atoms in total. The molecule has 3 heterocycles. The first-order valence-electron chi connectivity index (χ1n) is 21.7. The largest absolute Gasteiger partial charge is 0.573 e. The van der Waals surface area contributed by atoms with E-state index in [9.17, 15) is 27.9 Å². The molecule has 0 saturated carbocycles. The van der Waals surface area contributed by atoms with Gasteiger partial charge in [0.25, 0.3) is 5.91 Å². The zero-order valence-corrected chi connectivity index (χ0v) is 37.0. The second-order valence-corrected chi connectivity index (χ2v) is 16.7. The van der Waals surface area contributed by atoms with E-state index in [1.54, 1.807) is 0 Å². The molecule has 2 aromatic heterocycles. The van der Waals surface area contributed by atoms with Gasteiger partial charge < -0.3 is 33.8 Å². The molecular formula is C51H50ClF3N4O6. The van der Waals surface area contributed by atoms with Crippen LogP contribution in [-0.2, 0) is 30.7 Å². The minimum Gasteiger partial charge on any atom is -0.494 e. The number of morpholine rings is 1. The zero-order chi connectivity index (χ0) is 45.7. The molecule has 8 rings (SSSR count). The fourth-order valence-corrected chi connectivity index (χ4v) is 9.00. The van der Waals surface area contributed by atoms with Crippen LogP contribution in [0.2, 0.25) is 5.02 Å². The number of amides is 1. The molecular weight excluding hydrogens is 857 g/mol. The average Bonchev–Trinajstić information content (AvgIpc) is 3.81. The Labute approximate surface area is 380 Å². The second-order valence-electron chi connectivity index (χ2n) is 16.3. The first-order chi connectivity index (χ1) is 31.3. The molecule has 1 fully saturated rings. The second kappa shape index (κ2) is 19.9. The van der Waals surface area contributed by atoms with Gasteiger partial charge in [0.1, 0.15) is 17.2 Å². The summed E-state index contributed by atoms with van der Waals surface area (Å²) in [5, 5.41) is 16.5. The summed E-state index contributed by atoms with van der Waals surface area (Å²) in [4.78, 5) is 28.6. The van der Waals surface area contributed by atoms with E-state index >= 15 is 0 Å².